The number of amides is 1. The van der Waals surface area contributed by atoms with Crippen LogP contribution < -0.4 is 4.74 Å². The number of hydrogen-bond donors (Lipinski definition) is 0. The fourth-order valence-electron chi connectivity index (χ4n) is 4.00. The molecule has 0 N–H and O–H groups in total. The van der Waals surface area contributed by atoms with Gasteiger partial charge in [-0.25, -0.2) is 8.42 Å². The molecule has 1 aliphatic rings. The van der Waals surface area contributed by atoms with Gasteiger partial charge in [0, 0.05) is 26.1 Å². The Labute approximate surface area is 185 Å². The van der Waals surface area contributed by atoms with E-state index in [1.165, 1.54) is 4.31 Å². The van der Waals surface area contributed by atoms with Gasteiger partial charge in [-0.1, -0.05) is 29.8 Å². The SMILES string of the molecule is Cc1cccc(OCCN(C)C(=O)C2CCN(S(=O)(=O)c3ccc(C)cc3C)CC2)c1. The standard InChI is InChI=1S/C24H32N2O4S/c1-18-6-5-7-22(17-18)30-15-14-25(4)24(27)21-10-12-26(13-11-21)31(28,29)23-9-8-19(2)16-20(23)3/h5-9,16-17,21H,10-15H2,1-4H3. The number of carbonyl (C=O) groups excluding carboxylic acids is 1. The van der Waals surface area contributed by atoms with Crippen LogP contribution >= 0.6 is 0 Å². The number of sulfonamides is 1. The number of likely N-dealkylation sites (N-methyl/N-ethyl adjacent to an activating group) is 1. The van der Waals surface area contributed by atoms with E-state index in [0.29, 0.717) is 44.0 Å². The van der Waals surface area contributed by atoms with Gasteiger partial charge in [0.15, 0.2) is 0 Å². The van der Waals surface area contributed by atoms with E-state index in [4.69, 9.17) is 4.74 Å². The van der Waals surface area contributed by atoms with E-state index in [2.05, 4.69) is 0 Å². The highest BCUT2D eigenvalue weighted by atomic mass is 32.2. The van der Waals surface area contributed by atoms with Crippen LogP contribution in [0.4, 0.5) is 0 Å². The molecule has 3 rings (SSSR count). The molecule has 1 saturated heterocycles. The Hall–Kier alpha value is -2.38. The zero-order chi connectivity index (χ0) is 22.6. The fourth-order valence-corrected chi connectivity index (χ4v) is 5.67. The Balaban J connectivity index is 1.51. The topological polar surface area (TPSA) is 66.9 Å². The van der Waals surface area contributed by atoms with Crippen molar-refractivity contribution >= 4 is 15.9 Å². The van der Waals surface area contributed by atoms with E-state index >= 15 is 0 Å². The maximum Gasteiger partial charge on any atom is 0.243 e. The maximum atomic E-state index is 13.0. The van der Waals surface area contributed by atoms with Crippen molar-refractivity contribution in [2.45, 2.75) is 38.5 Å². The van der Waals surface area contributed by atoms with Crippen LogP contribution in [0, 0.1) is 26.7 Å². The van der Waals surface area contributed by atoms with E-state index in [-0.39, 0.29) is 11.8 Å². The van der Waals surface area contributed by atoms with Crippen molar-refractivity contribution in [3.63, 3.8) is 0 Å². The summed E-state index contributed by atoms with van der Waals surface area (Å²) in [5.74, 6) is 0.691. The highest BCUT2D eigenvalue weighted by Crippen LogP contribution is 2.27. The van der Waals surface area contributed by atoms with E-state index in [1.807, 2.05) is 57.2 Å². The molecule has 2 aromatic rings. The van der Waals surface area contributed by atoms with Crippen molar-refractivity contribution in [2.24, 2.45) is 5.92 Å². The highest BCUT2D eigenvalue weighted by Gasteiger charge is 2.33. The molecule has 0 radical (unpaired) electrons. The smallest absolute Gasteiger partial charge is 0.243 e. The van der Waals surface area contributed by atoms with Crippen LogP contribution in [0.2, 0.25) is 0 Å². The molecule has 31 heavy (non-hydrogen) atoms. The zero-order valence-corrected chi connectivity index (χ0v) is 19.6. The van der Waals surface area contributed by atoms with Gasteiger partial charge >= 0.3 is 0 Å². The van der Waals surface area contributed by atoms with E-state index in [1.54, 1.807) is 18.0 Å². The van der Waals surface area contributed by atoms with Crippen molar-refractivity contribution < 1.29 is 17.9 Å². The summed E-state index contributed by atoms with van der Waals surface area (Å²) in [6.45, 7) is 7.42. The van der Waals surface area contributed by atoms with Crippen LogP contribution in [-0.2, 0) is 14.8 Å². The van der Waals surface area contributed by atoms with Gasteiger partial charge in [0.1, 0.15) is 12.4 Å². The predicted octanol–water partition coefficient (Wildman–Crippen LogP) is 3.55. The number of ether oxygens (including phenoxy) is 1. The van der Waals surface area contributed by atoms with Gasteiger partial charge in [-0.3, -0.25) is 4.79 Å². The third-order valence-corrected chi connectivity index (χ3v) is 7.87. The summed E-state index contributed by atoms with van der Waals surface area (Å²) in [5, 5.41) is 0. The van der Waals surface area contributed by atoms with Gasteiger partial charge in [-0.2, -0.15) is 4.31 Å². The molecule has 0 bridgehead atoms. The third-order valence-electron chi connectivity index (χ3n) is 5.81. The molecular weight excluding hydrogens is 412 g/mol. The molecule has 0 aliphatic carbocycles. The van der Waals surface area contributed by atoms with E-state index in [9.17, 15) is 13.2 Å². The minimum atomic E-state index is -3.54. The summed E-state index contributed by atoms with van der Waals surface area (Å²) in [6, 6.07) is 13.2. The molecule has 0 atom stereocenters. The first-order chi connectivity index (χ1) is 14.7. The molecular formula is C24H32N2O4S. The van der Waals surface area contributed by atoms with Crippen molar-refractivity contribution in [3.8, 4) is 5.75 Å². The second-order valence-corrected chi connectivity index (χ2v) is 10.3. The quantitative estimate of drug-likeness (QED) is 0.655. The average Bonchev–Trinajstić information content (AvgIpc) is 2.73. The predicted molar refractivity (Wildman–Crippen MR) is 122 cm³/mol. The Morgan fingerprint density at radius 2 is 1.74 bits per heavy atom. The van der Waals surface area contributed by atoms with Crippen LogP contribution in [0.3, 0.4) is 0 Å². The average molecular weight is 445 g/mol. The summed E-state index contributed by atoms with van der Waals surface area (Å²) in [5.41, 5.74) is 2.92. The molecule has 2 aromatic carbocycles. The summed E-state index contributed by atoms with van der Waals surface area (Å²) in [6.07, 6.45) is 1.07. The minimum Gasteiger partial charge on any atom is -0.492 e. The van der Waals surface area contributed by atoms with Crippen LogP contribution in [-0.4, -0.2) is 56.8 Å². The van der Waals surface area contributed by atoms with E-state index in [0.717, 1.165) is 22.4 Å². The first kappa shape index (κ1) is 23.3. The Morgan fingerprint density at radius 1 is 1.06 bits per heavy atom. The summed E-state index contributed by atoms with van der Waals surface area (Å²) >= 11 is 0. The molecule has 0 spiro atoms. The fraction of sp³-hybridized carbons (Fsp3) is 0.458. The van der Waals surface area contributed by atoms with Gasteiger partial charge < -0.3 is 9.64 Å². The lowest BCUT2D eigenvalue weighted by atomic mass is 9.97. The number of hydrogen-bond acceptors (Lipinski definition) is 4. The van der Waals surface area contributed by atoms with Crippen LogP contribution in [0.5, 0.6) is 5.75 Å². The monoisotopic (exact) mass is 444 g/mol. The van der Waals surface area contributed by atoms with Gasteiger partial charge in [0.05, 0.1) is 11.4 Å². The Bertz CT molecular complexity index is 1030. The molecule has 6 nitrogen and oxygen atoms in total. The van der Waals surface area contributed by atoms with Crippen LogP contribution in [0.1, 0.15) is 29.5 Å². The molecule has 0 aromatic heterocycles. The van der Waals surface area contributed by atoms with E-state index < -0.39 is 10.0 Å². The lowest BCUT2D eigenvalue weighted by Gasteiger charge is -2.32. The summed E-state index contributed by atoms with van der Waals surface area (Å²) < 4.78 is 33.3. The first-order valence-electron chi connectivity index (χ1n) is 10.7. The van der Waals surface area contributed by atoms with Crippen molar-refractivity contribution in [2.75, 3.05) is 33.3 Å². The Kier molecular flexibility index (Phi) is 7.38. The lowest BCUT2D eigenvalue weighted by Crippen LogP contribution is -2.44. The largest absolute Gasteiger partial charge is 0.492 e. The Morgan fingerprint density at radius 3 is 2.39 bits per heavy atom. The molecule has 1 fully saturated rings. The second kappa shape index (κ2) is 9.83. The first-order valence-corrected chi connectivity index (χ1v) is 12.1. The molecule has 1 amide bonds. The summed E-state index contributed by atoms with van der Waals surface area (Å²) in [7, 11) is -1.76. The molecule has 1 aliphatic heterocycles. The van der Waals surface area contributed by atoms with Crippen LogP contribution in [0.15, 0.2) is 47.4 Å². The highest BCUT2D eigenvalue weighted by molar-refractivity contribution is 7.89. The van der Waals surface area contributed by atoms with Crippen molar-refractivity contribution in [3.05, 3.63) is 59.2 Å². The molecule has 168 valence electrons. The van der Waals surface area contributed by atoms with Gasteiger partial charge in [0.2, 0.25) is 15.9 Å². The normalized spacial score (nSPS) is 15.6. The lowest BCUT2D eigenvalue weighted by molar-refractivity contribution is -0.135. The van der Waals surface area contributed by atoms with Crippen molar-refractivity contribution in [1.82, 2.24) is 9.21 Å². The summed E-state index contributed by atoms with van der Waals surface area (Å²) in [4.78, 5) is 14.9. The molecule has 0 unspecified atom stereocenters. The number of piperidine rings is 1. The zero-order valence-electron chi connectivity index (χ0n) is 18.8. The number of benzene rings is 2. The number of rotatable bonds is 7. The minimum absolute atomic E-state index is 0.0522. The van der Waals surface area contributed by atoms with Crippen LogP contribution in [0.25, 0.3) is 0 Å². The maximum absolute atomic E-state index is 13.0. The molecule has 1 heterocycles. The molecule has 7 heteroatoms. The number of aryl methyl sites for hydroxylation is 3. The number of carbonyl (C=O) groups is 1. The van der Waals surface area contributed by atoms with Gasteiger partial charge in [0.25, 0.3) is 0 Å². The van der Waals surface area contributed by atoms with Crippen molar-refractivity contribution in [1.29, 1.82) is 0 Å². The second-order valence-electron chi connectivity index (χ2n) is 8.37. The van der Waals surface area contributed by atoms with Gasteiger partial charge in [-0.15, -0.1) is 0 Å². The number of nitrogens with zero attached hydrogens (tertiary/aromatic N) is 2. The van der Waals surface area contributed by atoms with Gasteiger partial charge in [-0.05, 0) is 62.9 Å². The molecule has 0 saturated carbocycles. The third kappa shape index (κ3) is 5.66.